The second-order valence-electron chi connectivity index (χ2n) is 7.23. The second kappa shape index (κ2) is 9.87. The molecule has 0 aliphatic heterocycles. The van der Waals surface area contributed by atoms with Crippen LogP contribution in [0.5, 0.6) is 0 Å². The summed E-state index contributed by atoms with van der Waals surface area (Å²) in [7, 11) is -2.91. The van der Waals surface area contributed by atoms with Crippen molar-refractivity contribution >= 4 is 8.80 Å². The van der Waals surface area contributed by atoms with Crippen molar-refractivity contribution in [3.8, 4) is 0 Å². The first-order valence-corrected chi connectivity index (χ1v) is 11.1. The Morgan fingerprint density at radius 3 is 1.81 bits per heavy atom. The fraction of sp³-hybridized carbons (Fsp3) is 0.684. The van der Waals surface area contributed by atoms with Gasteiger partial charge in [0.15, 0.2) is 0 Å². The van der Waals surface area contributed by atoms with Gasteiger partial charge in [-0.05, 0) is 66.0 Å². The Kier molecular flexibility index (Phi) is 8.79. The van der Waals surface area contributed by atoms with Gasteiger partial charge in [0, 0.05) is 24.4 Å². The lowest BCUT2D eigenvalue weighted by molar-refractivity contribution is -0.137. The monoisotopic (exact) mass is 392 g/mol. The Morgan fingerprint density at radius 1 is 0.885 bits per heavy atom. The van der Waals surface area contributed by atoms with Gasteiger partial charge >= 0.3 is 15.0 Å². The molecule has 0 aromatic heterocycles. The molecule has 0 unspecified atom stereocenters. The molecule has 0 saturated heterocycles. The van der Waals surface area contributed by atoms with E-state index in [4.69, 9.17) is 13.3 Å². The predicted octanol–water partition coefficient (Wildman–Crippen LogP) is 5.85. The normalized spacial score (nSPS) is 13.2. The lowest BCUT2D eigenvalue weighted by Gasteiger charge is -2.34. The molecule has 0 bridgehead atoms. The molecule has 0 fully saturated rings. The highest BCUT2D eigenvalue weighted by atomic mass is 28.4. The van der Waals surface area contributed by atoms with Crippen molar-refractivity contribution in [2.75, 3.05) is 0 Å². The zero-order valence-electron chi connectivity index (χ0n) is 16.5. The number of alkyl halides is 3. The molecule has 0 aliphatic carbocycles. The molecule has 0 heterocycles. The first-order valence-electron chi connectivity index (χ1n) is 9.13. The lowest BCUT2D eigenvalue weighted by atomic mass is 10.1. The third kappa shape index (κ3) is 8.20. The topological polar surface area (TPSA) is 27.7 Å². The summed E-state index contributed by atoms with van der Waals surface area (Å²) < 4.78 is 56.8. The summed E-state index contributed by atoms with van der Waals surface area (Å²) in [5.41, 5.74) is 0.0372. The maximum atomic E-state index is 12.9. The maximum Gasteiger partial charge on any atom is 0.501 e. The van der Waals surface area contributed by atoms with Gasteiger partial charge in [0.05, 0.1) is 5.56 Å². The van der Waals surface area contributed by atoms with Gasteiger partial charge in [-0.2, -0.15) is 13.2 Å². The summed E-state index contributed by atoms with van der Waals surface area (Å²) in [5, 5.41) is 0. The van der Waals surface area contributed by atoms with Crippen LogP contribution in [0.25, 0.3) is 0 Å². The van der Waals surface area contributed by atoms with Crippen LogP contribution >= 0.6 is 0 Å². The number of benzene rings is 1. The average molecular weight is 393 g/mol. The summed E-state index contributed by atoms with van der Waals surface area (Å²) in [5.74, 6) is 0. The van der Waals surface area contributed by atoms with Gasteiger partial charge in [-0.25, -0.2) is 0 Å². The van der Waals surface area contributed by atoms with Crippen LogP contribution in [-0.4, -0.2) is 27.1 Å². The van der Waals surface area contributed by atoms with Crippen molar-refractivity contribution in [1.29, 1.82) is 0 Å². The molecule has 0 spiro atoms. The molecule has 150 valence electrons. The maximum absolute atomic E-state index is 12.9. The highest BCUT2D eigenvalue weighted by molar-refractivity contribution is 6.60. The summed E-state index contributed by atoms with van der Waals surface area (Å²) >= 11 is 0. The number of aryl methyl sites for hydroxylation is 1. The molecule has 3 nitrogen and oxygen atoms in total. The fourth-order valence-corrected chi connectivity index (χ4v) is 6.03. The first-order chi connectivity index (χ1) is 11.9. The van der Waals surface area contributed by atoms with E-state index in [9.17, 15) is 13.2 Å². The second-order valence-corrected chi connectivity index (χ2v) is 9.81. The smallest absolute Gasteiger partial charge is 0.371 e. The number of halogens is 3. The highest BCUT2D eigenvalue weighted by Gasteiger charge is 2.43. The molecule has 1 aromatic rings. The zero-order chi connectivity index (χ0) is 20.0. The molecule has 0 N–H and O–H groups in total. The minimum absolute atomic E-state index is 0.0484. The Hall–Kier alpha value is -0.893. The minimum atomic E-state index is -4.32. The van der Waals surface area contributed by atoms with Crippen LogP contribution < -0.4 is 0 Å². The van der Waals surface area contributed by atoms with Crippen molar-refractivity contribution in [3.05, 3.63) is 35.4 Å². The van der Waals surface area contributed by atoms with Crippen LogP contribution in [-0.2, 0) is 25.9 Å². The predicted molar refractivity (Wildman–Crippen MR) is 99.0 cm³/mol. The summed E-state index contributed by atoms with van der Waals surface area (Å²) in [4.78, 5) is 0. The Morgan fingerprint density at radius 2 is 1.38 bits per heavy atom. The van der Waals surface area contributed by atoms with Gasteiger partial charge in [-0.3, -0.25) is 0 Å². The van der Waals surface area contributed by atoms with E-state index in [0.717, 1.165) is 6.07 Å². The van der Waals surface area contributed by atoms with E-state index in [0.29, 0.717) is 24.4 Å². The largest absolute Gasteiger partial charge is 0.501 e. The van der Waals surface area contributed by atoms with Crippen molar-refractivity contribution in [3.63, 3.8) is 0 Å². The van der Waals surface area contributed by atoms with E-state index in [1.807, 2.05) is 41.5 Å². The lowest BCUT2D eigenvalue weighted by Crippen LogP contribution is -2.50. The van der Waals surface area contributed by atoms with Gasteiger partial charge in [-0.15, -0.1) is 0 Å². The van der Waals surface area contributed by atoms with Crippen LogP contribution in [0.3, 0.4) is 0 Å². The van der Waals surface area contributed by atoms with Crippen molar-refractivity contribution < 1.29 is 26.4 Å². The summed E-state index contributed by atoms with van der Waals surface area (Å²) in [6.07, 6.45) is -3.31. The van der Waals surface area contributed by atoms with E-state index < -0.39 is 20.5 Å². The van der Waals surface area contributed by atoms with Crippen molar-refractivity contribution in [1.82, 2.24) is 0 Å². The van der Waals surface area contributed by atoms with Gasteiger partial charge in [0.2, 0.25) is 0 Å². The molecule has 1 rings (SSSR count). The molecular weight excluding hydrogens is 361 g/mol. The SMILES string of the molecule is CC(C)O[Si](CCCc1cccc(C(F)(F)F)c1)(OC(C)C)OC(C)C. The highest BCUT2D eigenvalue weighted by Crippen LogP contribution is 2.30. The standard InChI is InChI=1S/C19H31F3O3Si/c1-14(2)23-26(24-15(3)4,25-16(5)6)12-8-10-17-9-7-11-18(13-17)19(20,21)22/h7,9,11,13-16H,8,10,12H2,1-6H3. The molecule has 0 aliphatic rings. The third-order valence-corrected chi connectivity index (χ3v) is 6.91. The minimum Gasteiger partial charge on any atom is -0.371 e. The number of hydrogen-bond acceptors (Lipinski definition) is 3. The van der Waals surface area contributed by atoms with Crippen LogP contribution in [0.15, 0.2) is 24.3 Å². The van der Waals surface area contributed by atoms with Crippen LogP contribution in [0.1, 0.15) is 59.1 Å². The van der Waals surface area contributed by atoms with Gasteiger partial charge in [0.1, 0.15) is 0 Å². The summed E-state index contributed by atoms with van der Waals surface area (Å²) in [6, 6.07) is 6.03. The van der Waals surface area contributed by atoms with Crippen LogP contribution in [0, 0.1) is 0 Å². The molecule has 1 aromatic carbocycles. The van der Waals surface area contributed by atoms with Crippen molar-refractivity contribution in [2.45, 2.75) is 84.9 Å². The van der Waals surface area contributed by atoms with Crippen molar-refractivity contribution in [2.24, 2.45) is 0 Å². The molecule has 0 radical (unpaired) electrons. The quantitative estimate of drug-likeness (QED) is 0.467. The Labute approximate surface area is 156 Å². The molecular formula is C19H31F3O3Si. The Bertz CT molecular complexity index is 519. The van der Waals surface area contributed by atoms with Crippen LogP contribution in [0.2, 0.25) is 6.04 Å². The molecule has 7 heteroatoms. The molecule has 0 amide bonds. The van der Waals surface area contributed by atoms with E-state index in [-0.39, 0.29) is 18.3 Å². The average Bonchev–Trinajstić information content (AvgIpc) is 2.44. The first kappa shape index (κ1) is 23.1. The Balaban J connectivity index is 2.85. The summed E-state index contributed by atoms with van der Waals surface area (Å²) in [6.45, 7) is 11.6. The van der Waals surface area contributed by atoms with Gasteiger partial charge in [0.25, 0.3) is 0 Å². The van der Waals surface area contributed by atoms with E-state index in [1.165, 1.54) is 12.1 Å². The molecule has 0 saturated carbocycles. The zero-order valence-corrected chi connectivity index (χ0v) is 17.5. The van der Waals surface area contributed by atoms with Gasteiger partial charge in [-0.1, -0.05) is 18.2 Å². The van der Waals surface area contributed by atoms with E-state index in [2.05, 4.69) is 0 Å². The van der Waals surface area contributed by atoms with E-state index in [1.54, 1.807) is 6.07 Å². The molecule has 26 heavy (non-hydrogen) atoms. The van der Waals surface area contributed by atoms with Crippen LogP contribution in [0.4, 0.5) is 13.2 Å². The fourth-order valence-electron chi connectivity index (χ4n) is 2.75. The third-order valence-electron chi connectivity index (χ3n) is 3.45. The number of hydrogen-bond donors (Lipinski definition) is 0. The molecule has 0 atom stereocenters. The van der Waals surface area contributed by atoms with Gasteiger partial charge < -0.3 is 13.3 Å². The van der Waals surface area contributed by atoms with E-state index >= 15 is 0 Å². The number of rotatable bonds is 10.